The van der Waals surface area contributed by atoms with Gasteiger partial charge in [0.25, 0.3) is 0 Å². The molecular formula is C9H11ClN2. The van der Waals surface area contributed by atoms with Crippen molar-refractivity contribution < 1.29 is 0 Å². The van der Waals surface area contributed by atoms with Gasteiger partial charge in [0.15, 0.2) is 0 Å². The van der Waals surface area contributed by atoms with Crippen molar-refractivity contribution in [2.24, 2.45) is 0 Å². The second-order valence-electron chi connectivity index (χ2n) is 3.18. The molecule has 0 spiro atoms. The summed E-state index contributed by atoms with van der Waals surface area (Å²) in [7, 11) is 0. The topological polar surface area (TPSA) is 25.8 Å². The van der Waals surface area contributed by atoms with Crippen LogP contribution in [0.2, 0.25) is 0 Å². The summed E-state index contributed by atoms with van der Waals surface area (Å²) in [6, 6.07) is 0. The third-order valence-corrected chi connectivity index (χ3v) is 2.92. The summed E-state index contributed by atoms with van der Waals surface area (Å²) in [5, 5.41) is 0.265. The van der Waals surface area contributed by atoms with Crippen molar-refractivity contribution in [3.63, 3.8) is 0 Å². The Morgan fingerprint density at radius 1 is 1.33 bits per heavy atom. The van der Waals surface area contributed by atoms with Gasteiger partial charge in [-0.15, -0.1) is 11.6 Å². The van der Waals surface area contributed by atoms with Crippen LogP contribution in [0.1, 0.15) is 30.9 Å². The number of aromatic nitrogens is 2. The van der Waals surface area contributed by atoms with E-state index in [-0.39, 0.29) is 5.38 Å². The fourth-order valence-corrected chi connectivity index (χ4v) is 2.16. The average molecular weight is 183 g/mol. The molecule has 0 N–H and O–H groups in total. The highest BCUT2D eigenvalue weighted by atomic mass is 35.5. The fourth-order valence-electron chi connectivity index (χ4n) is 1.75. The van der Waals surface area contributed by atoms with Gasteiger partial charge in [0.1, 0.15) is 0 Å². The van der Waals surface area contributed by atoms with Crippen molar-refractivity contribution in [1.82, 2.24) is 9.97 Å². The quantitative estimate of drug-likeness (QED) is 0.624. The molecule has 0 saturated heterocycles. The summed E-state index contributed by atoms with van der Waals surface area (Å²) in [5.41, 5.74) is 1.05. The Balaban J connectivity index is 2.19. The predicted octanol–water partition coefficient (Wildman–Crippen LogP) is 2.35. The van der Waals surface area contributed by atoms with E-state index in [1.165, 1.54) is 6.42 Å². The van der Waals surface area contributed by atoms with Crippen LogP contribution in [0.4, 0.5) is 0 Å². The van der Waals surface area contributed by atoms with Gasteiger partial charge in [-0.3, -0.25) is 9.97 Å². The van der Waals surface area contributed by atoms with E-state index in [2.05, 4.69) is 9.97 Å². The maximum absolute atomic E-state index is 6.14. The molecule has 1 fully saturated rings. The molecule has 2 atom stereocenters. The molecule has 2 unspecified atom stereocenters. The Hall–Kier alpha value is -0.630. The highest BCUT2D eigenvalue weighted by Gasteiger charge is 2.27. The van der Waals surface area contributed by atoms with Gasteiger partial charge in [-0.25, -0.2) is 0 Å². The molecule has 0 aliphatic heterocycles. The molecule has 1 aromatic rings. The molecule has 1 aliphatic rings. The van der Waals surface area contributed by atoms with Gasteiger partial charge in [0.05, 0.1) is 5.69 Å². The van der Waals surface area contributed by atoms with Crippen molar-refractivity contribution in [1.29, 1.82) is 0 Å². The van der Waals surface area contributed by atoms with Crippen molar-refractivity contribution >= 4 is 11.6 Å². The van der Waals surface area contributed by atoms with E-state index < -0.39 is 0 Å². The first-order chi connectivity index (χ1) is 5.88. The molecule has 12 heavy (non-hydrogen) atoms. The zero-order chi connectivity index (χ0) is 8.39. The van der Waals surface area contributed by atoms with Gasteiger partial charge in [0, 0.05) is 29.9 Å². The number of halogens is 1. The van der Waals surface area contributed by atoms with Crippen LogP contribution in [-0.2, 0) is 0 Å². The molecule has 0 bridgehead atoms. The normalized spacial score (nSPS) is 29.1. The maximum Gasteiger partial charge on any atom is 0.0632 e. The Labute approximate surface area is 77.0 Å². The number of nitrogens with zero attached hydrogens (tertiary/aromatic N) is 2. The lowest BCUT2D eigenvalue weighted by atomic mass is 10.0. The van der Waals surface area contributed by atoms with E-state index in [9.17, 15) is 0 Å². The fraction of sp³-hybridized carbons (Fsp3) is 0.556. The number of rotatable bonds is 1. The summed E-state index contributed by atoms with van der Waals surface area (Å²) in [4.78, 5) is 8.31. The molecule has 2 rings (SSSR count). The zero-order valence-electron chi connectivity index (χ0n) is 6.78. The number of alkyl halides is 1. The van der Waals surface area contributed by atoms with Gasteiger partial charge in [-0.2, -0.15) is 0 Å². The Morgan fingerprint density at radius 3 is 2.83 bits per heavy atom. The number of hydrogen-bond donors (Lipinski definition) is 0. The van der Waals surface area contributed by atoms with Gasteiger partial charge >= 0.3 is 0 Å². The van der Waals surface area contributed by atoms with Crippen LogP contribution in [0.15, 0.2) is 18.6 Å². The van der Waals surface area contributed by atoms with Gasteiger partial charge in [-0.05, 0) is 12.8 Å². The minimum atomic E-state index is 0.265. The third kappa shape index (κ3) is 1.44. The largest absolute Gasteiger partial charge is 0.261 e. The van der Waals surface area contributed by atoms with Crippen LogP contribution in [0.5, 0.6) is 0 Å². The molecule has 1 aliphatic carbocycles. The van der Waals surface area contributed by atoms with Crippen molar-refractivity contribution in [3.05, 3.63) is 24.3 Å². The maximum atomic E-state index is 6.14. The first-order valence-corrected chi connectivity index (χ1v) is 4.71. The van der Waals surface area contributed by atoms with E-state index in [1.54, 1.807) is 12.4 Å². The van der Waals surface area contributed by atoms with Crippen LogP contribution in [0.25, 0.3) is 0 Å². The monoisotopic (exact) mass is 182 g/mol. The van der Waals surface area contributed by atoms with E-state index in [0.29, 0.717) is 5.92 Å². The number of hydrogen-bond acceptors (Lipinski definition) is 2. The lowest BCUT2D eigenvalue weighted by molar-refractivity contribution is 0.698. The highest BCUT2D eigenvalue weighted by molar-refractivity contribution is 6.21. The van der Waals surface area contributed by atoms with E-state index in [0.717, 1.165) is 18.5 Å². The van der Waals surface area contributed by atoms with Crippen LogP contribution >= 0.6 is 11.6 Å². The van der Waals surface area contributed by atoms with E-state index >= 15 is 0 Å². The van der Waals surface area contributed by atoms with Crippen LogP contribution < -0.4 is 0 Å². The first-order valence-electron chi connectivity index (χ1n) is 4.28. The molecule has 0 amide bonds. The van der Waals surface area contributed by atoms with Gasteiger partial charge in [-0.1, -0.05) is 6.42 Å². The second-order valence-corrected chi connectivity index (χ2v) is 3.74. The van der Waals surface area contributed by atoms with Crippen molar-refractivity contribution in [3.8, 4) is 0 Å². The molecule has 2 nitrogen and oxygen atoms in total. The molecular weight excluding hydrogens is 172 g/mol. The predicted molar refractivity (Wildman–Crippen MR) is 48.3 cm³/mol. The minimum Gasteiger partial charge on any atom is -0.261 e. The molecule has 0 radical (unpaired) electrons. The zero-order valence-corrected chi connectivity index (χ0v) is 7.54. The minimum absolute atomic E-state index is 0.265. The summed E-state index contributed by atoms with van der Waals surface area (Å²) in [5.74, 6) is 0.431. The van der Waals surface area contributed by atoms with Crippen molar-refractivity contribution in [2.45, 2.75) is 30.6 Å². The summed E-state index contributed by atoms with van der Waals surface area (Å²) < 4.78 is 0. The highest BCUT2D eigenvalue weighted by Crippen LogP contribution is 2.36. The van der Waals surface area contributed by atoms with Crippen LogP contribution in [0, 0.1) is 0 Å². The van der Waals surface area contributed by atoms with Crippen LogP contribution in [0.3, 0.4) is 0 Å². The standard InChI is InChI=1S/C9H11ClN2/c10-8-3-1-2-7(8)9-6-11-4-5-12-9/h4-8H,1-3H2. The second kappa shape index (κ2) is 3.40. The summed E-state index contributed by atoms with van der Waals surface area (Å²) in [6.07, 6.45) is 8.75. The van der Waals surface area contributed by atoms with E-state index in [1.807, 2.05) is 6.20 Å². The SMILES string of the molecule is ClC1CCCC1c1cnccn1. The Morgan fingerprint density at radius 2 is 2.25 bits per heavy atom. The Kier molecular flexibility index (Phi) is 2.26. The molecule has 1 aromatic heterocycles. The van der Waals surface area contributed by atoms with Gasteiger partial charge < -0.3 is 0 Å². The van der Waals surface area contributed by atoms with E-state index in [4.69, 9.17) is 11.6 Å². The lowest BCUT2D eigenvalue weighted by Gasteiger charge is -2.11. The third-order valence-electron chi connectivity index (χ3n) is 2.39. The van der Waals surface area contributed by atoms with Crippen molar-refractivity contribution in [2.75, 3.05) is 0 Å². The smallest absolute Gasteiger partial charge is 0.0632 e. The molecule has 0 aromatic carbocycles. The van der Waals surface area contributed by atoms with Gasteiger partial charge in [0.2, 0.25) is 0 Å². The average Bonchev–Trinajstić information content (AvgIpc) is 2.53. The molecule has 1 heterocycles. The summed E-state index contributed by atoms with van der Waals surface area (Å²) >= 11 is 6.14. The summed E-state index contributed by atoms with van der Waals surface area (Å²) in [6.45, 7) is 0. The lowest BCUT2D eigenvalue weighted by Crippen LogP contribution is -2.06. The Bertz CT molecular complexity index is 250. The molecule has 3 heteroatoms. The van der Waals surface area contributed by atoms with Crippen LogP contribution in [-0.4, -0.2) is 15.3 Å². The molecule has 64 valence electrons. The first kappa shape index (κ1) is 7.99. The molecule has 1 saturated carbocycles.